The van der Waals surface area contributed by atoms with E-state index < -0.39 is 34.4 Å². The fourth-order valence-corrected chi connectivity index (χ4v) is 3.01. The lowest BCUT2D eigenvalue weighted by Crippen LogP contribution is -2.23. The summed E-state index contributed by atoms with van der Waals surface area (Å²) in [6.07, 6.45) is 1.26. The van der Waals surface area contributed by atoms with Crippen LogP contribution in [0.1, 0.15) is 10.4 Å². The summed E-state index contributed by atoms with van der Waals surface area (Å²) in [5.41, 5.74) is 0.520. The van der Waals surface area contributed by atoms with Crippen molar-refractivity contribution in [2.24, 2.45) is 5.14 Å². The van der Waals surface area contributed by atoms with Gasteiger partial charge < -0.3 is 15.4 Å². The molecular formula is C18H17N7O6S. The van der Waals surface area contributed by atoms with Crippen molar-refractivity contribution in [1.29, 1.82) is 0 Å². The maximum Gasteiger partial charge on any atom is 0.340 e. The van der Waals surface area contributed by atoms with Crippen LogP contribution in [0.5, 0.6) is 0 Å². The van der Waals surface area contributed by atoms with Gasteiger partial charge in [-0.15, -0.1) is 5.10 Å². The molecule has 0 fully saturated rings. The van der Waals surface area contributed by atoms with E-state index in [4.69, 9.17) is 9.88 Å². The molecule has 13 nitrogen and oxygen atoms in total. The van der Waals surface area contributed by atoms with Crippen molar-refractivity contribution in [3.63, 3.8) is 0 Å². The number of benzene rings is 2. The second-order valence-corrected chi connectivity index (χ2v) is 7.86. The molecule has 0 spiro atoms. The molecule has 2 aromatic carbocycles. The van der Waals surface area contributed by atoms with Crippen LogP contribution in [0.15, 0.2) is 59.8 Å². The van der Waals surface area contributed by atoms with Crippen LogP contribution in [0.4, 0.5) is 11.4 Å². The highest BCUT2D eigenvalue weighted by Gasteiger charge is 2.16. The zero-order valence-corrected chi connectivity index (χ0v) is 17.2. The number of sulfonamides is 1. The van der Waals surface area contributed by atoms with Crippen LogP contribution in [0.2, 0.25) is 0 Å². The van der Waals surface area contributed by atoms with E-state index >= 15 is 0 Å². The van der Waals surface area contributed by atoms with Gasteiger partial charge in [0, 0.05) is 5.69 Å². The predicted octanol–water partition coefficient (Wildman–Crippen LogP) is -0.245. The van der Waals surface area contributed by atoms with Crippen molar-refractivity contribution in [3.8, 4) is 0 Å². The minimum absolute atomic E-state index is 0.0443. The summed E-state index contributed by atoms with van der Waals surface area (Å²) in [5.74, 6) is -1.96. The smallest absolute Gasteiger partial charge is 0.340 e. The van der Waals surface area contributed by atoms with Gasteiger partial charge in [-0.3, -0.25) is 9.59 Å². The number of rotatable bonds is 8. The van der Waals surface area contributed by atoms with Crippen LogP contribution in [-0.2, 0) is 30.9 Å². The van der Waals surface area contributed by atoms with Crippen LogP contribution in [0.3, 0.4) is 0 Å². The molecule has 0 aliphatic heterocycles. The SMILES string of the molecule is NS(=O)(=O)c1ccc(NC(=O)COC(=O)c2ccccc2NC(=O)Cn2cnnn2)cc1. The number of primary sulfonamides is 1. The lowest BCUT2D eigenvalue weighted by atomic mass is 10.2. The third-order valence-corrected chi connectivity index (χ3v) is 4.85. The largest absolute Gasteiger partial charge is 0.452 e. The maximum absolute atomic E-state index is 12.4. The number of ether oxygens (including phenoxy) is 1. The van der Waals surface area contributed by atoms with E-state index in [2.05, 4.69) is 26.2 Å². The first-order chi connectivity index (χ1) is 15.2. The molecule has 1 aromatic heterocycles. The van der Waals surface area contributed by atoms with Gasteiger partial charge in [-0.2, -0.15) is 0 Å². The highest BCUT2D eigenvalue weighted by Crippen LogP contribution is 2.17. The number of carbonyl (C=O) groups excluding carboxylic acids is 3. The summed E-state index contributed by atoms with van der Waals surface area (Å²) < 4.78 is 28.7. The number of nitrogens with two attached hydrogens (primary N) is 1. The van der Waals surface area contributed by atoms with E-state index in [1.54, 1.807) is 12.1 Å². The number of aromatic nitrogens is 4. The molecule has 0 unspecified atom stereocenters. The van der Waals surface area contributed by atoms with Gasteiger partial charge in [0.15, 0.2) is 6.61 Å². The second-order valence-electron chi connectivity index (χ2n) is 6.29. The van der Waals surface area contributed by atoms with Crippen molar-refractivity contribution in [1.82, 2.24) is 20.2 Å². The molecular weight excluding hydrogens is 442 g/mol. The van der Waals surface area contributed by atoms with Crippen LogP contribution in [-0.4, -0.2) is 53.0 Å². The Labute approximate surface area is 181 Å². The topological polar surface area (TPSA) is 188 Å². The Bertz CT molecular complexity index is 1230. The van der Waals surface area contributed by atoms with Gasteiger partial charge in [0.1, 0.15) is 12.9 Å². The van der Waals surface area contributed by atoms with Gasteiger partial charge in [-0.25, -0.2) is 23.0 Å². The highest BCUT2D eigenvalue weighted by molar-refractivity contribution is 7.89. The third-order valence-electron chi connectivity index (χ3n) is 3.92. The zero-order chi connectivity index (χ0) is 23.1. The number of carbonyl (C=O) groups is 3. The van der Waals surface area contributed by atoms with Crippen molar-refractivity contribution < 1.29 is 27.5 Å². The lowest BCUT2D eigenvalue weighted by molar-refractivity contribution is -0.119. The summed E-state index contributed by atoms with van der Waals surface area (Å²) >= 11 is 0. The van der Waals surface area contributed by atoms with Crippen LogP contribution < -0.4 is 15.8 Å². The number of tetrazole rings is 1. The summed E-state index contributed by atoms with van der Waals surface area (Å²) in [6, 6.07) is 11.3. The fraction of sp³-hybridized carbons (Fsp3) is 0.111. The van der Waals surface area contributed by atoms with E-state index in [0.717, 1.165) is 0 Å². The number of hydrogen-bond donors (Lipinski definition) is 3. The molecule has 0 saturated heterocycles. The second kappa shape index (κ2) is 9.76. The van der Waals surface area contributed by atoms with Crippen LogP contribution >= 0.6 is 0 Å². The van der Waals surface area contributed by atoms with Gasteiger partial charge in [0.05, 0.1) is 16.1 Å². The molecule has 166 valence electrons. The van der Waals surface area contributed by atoms with Gasteiger partial charge in [0.25, 0.3) is 5.91 Å². The number of anilines is 2. The van der Waals surface area contributed by atoms with Crippen molar-refractivity contribution in [2.45, 2.75) is 11.4 Å². The molecule has 14 heteroatoms. The number of nitrogens with one attached hydrogen (secondary N) is 2. The molecule has 32 heavy (non-hydrogen) atoms. The lowest BCUT2D eigenvalue weighted by Gasteiger charge is -2.11. The minimum Gasteiger partial charge on any atom is -0.452 e. The maximum atomic E-state index is 12.4. The first kappa shape index (κ1) is 22.5. The molecule has 0 atom stereocenters. The quantitative estimate of drug-likeness (QED) is 0.382. The zero-order valence-electron chi connectivity index (χ0n) is 16.3. The van der Waals surface area contributed by atoms with Gasteiger partial charge >= 0.3 is 5.97 Å². The molecule has 0 aliphatic carbocycles. The Hall–Kier alpha value is -4.17. The van der Waals surface area contributed by atoms with E-state index in [9.17, 15) is 22.8 Å². The molecule has 3 rings (SSSR count). The van der Waals surface area contributed by atoms with Crippen LogP contribution in [0, 0.1) is 0 Å². The standard InChI is InChI=1S/C18H17N7O6S/c19-32(29,30)13-7-5-12(6-8-13)21-17(27)10-31-18(28)14-3-1-2-4-15(14)22-16(26)9-25-11-20-23-24-25/h1-8,11H,9-10H2,(H,21,27)(H,22,26)(H2,19,29,30). The first-order valence-electron chi connectivity index (χ1n) is 8.92. The minimum atomic E-state index is -3.85. The summed E-state index contributed by atoms with van der Waals surface area (Å²) in [7, 11) is -3.85. The molecule has 4 N–H and O–H groups in total. The summed E-state index contributed by atoms with van der Waals surface area (Å²) in [5, 5.41) is 20.4. The van der Waals surface area contributed by atoms with Crippen molar-refractivity contribution in [2.75, 3.05) is 17.2 Å². The normalized spacial score (nSPS) is 10.9. The molecule has 2 amide bonds. The number of amides is 2. The van der Waals surface area contributed by atoms with Crippen LogP contribution in [0.25, 0.3) is 0 Å². The van der Waals surface area contributed by atoms with Crippen molar-refractivity contribution in [3.05, 3.63) is 60.4 Å². The number of nitrogens with zero attached hydrogens (tertiary/aromatic N) is 4. The first-order valence-corrected chi connectivity index (χ1v) is 10.5. The average Bonchev–Trinajstić information content (AvgIpc) is 3.25. The molecule has 0 bridgehead atoms. The van der Waals surface area contributed by atoms with Gasteiger partial charge in [0.2, 0.25) is 15.9 Å². The number of hydrogen-bond acceptors (Lipinski definition) is 9. The Morgan fingerprint density at radius 3 is 2.38 bits per heavy atom. The summed E-state index contributed by atoms with van der Waals surface area (Å²) in [6.45, 7) is -0.772. The molecule has 3 aromatic rings. The Kier molecular flexibility index (Phi) is 6.87. The highest BCUT2D eigenvalue weighted by atomic mass is 32.2. The molecule has 0 saturated carbocycles. The average molecular weight is 459 g/mol. The van der Waals surface area contributed by atoms with Gasteiger partial charge in [-0.1, -0.05) is 12.1 Å². The van der Waals surface area contributed by atoms with E-state index in [0.29, 0.717) is 0 Å². The predicted molar refractivity (Wildman–Crippen MR) is 110 cm³/mol. The molecule has 0 aliphatic rings. The van der Waals surface area contributed by atoms with E-state index in [1.165, 1.54) is 47.4 Å². The fourth-order valence-electron chi connectivity index (χ4n) is 2.49. The Balaban J connectivity index is 1.56. The number of esters is 1. The summed E-state index contributed by atoms with van der Waals surface area (Å²) in [4.78, 5) is 36.5. The van der Waals surface area contributed by atoms with E-state index in [1.807, 2.05) is 0 Å². The van der Waals surface area contributed by atoms with Crippen molar-refractivity contribution >= 4 is 39.2 Å². The Morgan fingerprint density at radius 1 is 1.00 bits per heavy atom. The molecule has 0 radical (unpaired) electrons. The Morgan fingerprint density at radius 2 is 1.72 bits per heavy atom. The third kappa shape index (κ3) is 6.16. The number of para-hydroxylation sites is 1. The van der Waals surface area contributed by atoms with Gasteiger partial charge in [-0.05, 0) is 46.8 Å². The molecule has 1 heterocycles. The monoisotopic (exact) mass is 459 g/mol. The van der Waals surface area contributed by atoms with E-state index in [-0.39, 0.29) is 28.4 Å².